The van der Waals surface area contributed by atoms with E-state index < -0.39 is 0 Å². The Bertz CT molecular complexity index is 497. The van der Waals surface area contributed by atoms with Gasteiger partial charge in [-0.3, -0.25) is 5.32 Å². The Balaban J connectivity index is 2.07. The molecule has 2 N–H and O–H groups in total. The van der Waals surface area contributed by atoms with Crippen LogP contribution < -0.4 is 15.0 Å². The van der Waals surface area contributed by atoms with Crippen LogP contribution in [0.15, 0.2) is 42.5 Å². The molecule has 3 heteroatoms. The molecule has 1 heterocycles. The third-order valence-electron chi connectivity index (χ3n) is 2.60. The molecule has 17 heavy (non-hydrogen) atoms. The van der Waals surface area contributed by atoms with Crippen LogP contribution in [0.4, 0.5) is 5.82 Å². The lowest BCUT2D eigenvalue weighted by Crippen LogP contribution is -2.15. The molecular formula is C14H17N2O+. The van der Waals surface area contributed by atoms with Gasteiger partial charge in [0.25, 0.3) is 5.82 Å². The molecule has 0 saturated carbocycles. The van der Waals surface area contributed by atoms with Crippen molar-refractivity contribution in [2.75, 3.05) is 12.4 Å². The lowest BCUT2D eigenvalue weighted by Gasteiger charge is -2.06. The fraction of sp³-hybridized carbons (Fsp3) is 0.214. The molecule has 0 fully saturated rings. The van der Waals surface area contributed by atoms with Gasteiger partial charge in [0.15, 0.2) is 0 Å². The normalized spacial score (nSPS) is 10.0. The Kier molecular flexibility index (Phi) is 3.60. The molecule has 0 aliphatic rings. The number of aromatic amines is 1. The van der Waals surface area contributed by atoms with Crippen molar-refractivity contribution in [3.63, 3.8) is 0 Å². The Labute approximate surface area is 101 Å². The van der Waals surface area contributed by atoms with Crippen molar-refractivity contribution < 1.29 is 9.72 Å². The van der Waals surface area contributed by atoms with Crippen LogP contribution >= 0.6 is 0 Å². The summed E-state index contributed by atoms with van der Waals surface area (Å²) in [5.74, 6) is 1.92. The van der Waals surface area contributed by atoms with Crippen LogP contribution in [0.2, 0.25) is 0 Å². The maximum atomic E-state index is 5.31. The van der Waals surface area contributed by atoms with Gasteiger partial charge in [0, 0.05) is 11.6 Å². The van der Waals surface area contributed by atoms with E-state index in [1.54, 1.807) is 7.11 Å². The summed E-state index contributed by atoms with van der Waals surface area (Å²) in [4.78, 5) is 3.26. The van der Waals surface area contributed by atoms with E-state index in [9.17, 15) is 0 Å². The van der Waals surface area contributed by atoms with Gasteiger partial charge >= 0.3 is 0 Å². The van der Waals surface area contributed by atoms with Crippen molar-refractivity contribution >= 4 is 5.82 Å². The monoisotopic (exact) mass is 229 g/mol. The quantitative estimate of drug-likeness (QED) is 0.874. The van der Waals surface area contributed by atoms with E-state index in [2.05, 4.69) is 16.4 Å². The molecule has 0 aliphatic heterocycles. The van der Waals surface area contributed by atoms with Gasteiger partial charge < -0.3 is 4.74 Å². The maximum absolute atomic E-state index is 5.31. The third-order valence-corrected chi connectivity index (χ3v) is 2.60. The first-order valence-electron chi connectivity index (χ1n) is 5.64. The van der Waals surface area contributed by atoms with Crippen molar-refractivity contribution in [3.05, 3.63) is 53.7 Å². The number of hydrogen-bond donors (Lipinski definition) is 1. The lowest BCUT2D eigenvalue weighted by atomic mass is 10.2. The predicted molar refractivity (Wildman–Crippen MR) is 68.1 cm³/mol. The summed E-state index contributed by atoms with van der Waals surface area (Å²) >= 11 is 0. The fourth-order valence-electron chi connectivity index (χ4n) is 1.73. The highest BCUT2D eigenvalue weighted by Crippen LogP contribution is 2.17. The molecule has 0 atom stereocenters. The number of hydrogen-bond acceptors (Lipinski definition) is 2. The predicted octanol–water partition coefficient (Wildman–Crippen LogP) is 2.43. The summed E-state index contributed by atoms with van der Waals surface area (Å²) in [7, 11) is 1.69. The number of anilines is 1. The number of para-hydroxylation sites is 1. The molecular weight excluding hydrogens is 212 g/mol. The van der Waals surface area contributed by atoms with Crippen LogP contribution in [0.5, 0.6) is 5.75 Å². The summed E-state index contributed by atoms with van der Waals surface area (Å²) in [6.07, 6.45) is 0. The fourth-order valence-corrected chi connectivity index (χ4v) is 1.73. The van der Waals surface area contributed by atoms with Gasteiger partial charge in [-0.15, -0.1) is 0 Å². The highest BCUT2D eigenvalue weighted by molar-refractivity contribution is 5.37. The molecule has 2 rings (SSSR count). The van der Waals surface area contributed by atoms with Crippen LogP contribution in [0.25, 0.3) is 0 Å². The van der Waals surface area contributed by atoms with E-state index in [-0.39, 0.29) is 0 Å². The second-order valence-electron chi connectivity index (χ2n) is 3.91. The van der Waals surface area contributed by atoms with E-state index in [0.717, 1.165) is 29.4 Å². The molecule has 0 bridgehead atoms. The minimum Gasteiger partial charge on any atom is -0.496 e. The largest absolute Gasteiger partial charge is 0.496 e. The van der Waals surface area contributed by atoms with Gasteiger partial charge in [0.05, 0.1) is 12.8 Å². The number of rotatable bonds is 4. The van der Waals surface area contributed by atoms with Gasteiger partial charge in [-0.1, -0.05) is 24.3 Å². The molecule has 0 saturated heterocycles. The summed E-state index contributed by atoms with van der Waals surface area (Å²) in [6.45, 7) is 2.78. The number of H-pyrrole nitrogens is 1. The van der Waals surface area contributed by atoms with Gasteiger partial charge in [0.2, 0.25) is 0 Å². The van der Waals surface area contributed by atoms with Crippen LogP contribution in [-0.2, 0) is 6.54 Å². The zero-order chi connectivity index (χ0) is 12.1. The van der Waals surface area contributed by atoms with Crippen LogP contribution in [0, 0.1) is 6.92 Å². The molecule has 0 aliphatic carbocycles. The number of methoxy groups -OCH3 is 1. The number of pyridine rings is 1. The second kappa shape index (κ2) is 5.34. The Morgan fingerprint density at radius 2 is 1.94 bits per heavy atom. The van der Waals surface area contributed by atoms with Crippen LogP contribution in [-0.4, -0.2) is 7.11 Å². The SMILES string of the molecule is COc1ccccc1CNc1cccc(C)[nH+]1. The average Bonchev–Trinajstić information content (AvgIpc) is 2.37. The van der Waals surface area contributed by atoms with E-state index in [0.29, 0.717) is 0 Å². The minimum absolute atomic E-state index is 0.740. The molecule has 0 unspecified atom stereocenters. The summed E-state index contributed by atoms with van der Waals surface area (Å²) in [5.41, 5.74) is 2.28. The number of nitrogens with one attached hydrogen (secondary N) is 2. The topological polar surface area (TPSA) is 35.4 Å². The highest BCUT2D eigenvalue weighted by atomic mass is 16.5. The first kappa shape index (κ1) is 11.5. The molecule has 1 aromatic heterocycles. The smallest absolute Gasteiger partial charge is 0.272 e. The van der Waals surface area contributed by atoms with Crippen molar-refractivity contribution in [1.82, 2.24) is 0 Å². The minimum atomic E-state index is 0.740. The Hall–Kier alpha value is -2.03. The summed E-state index contributed by atoms with van der Waals surface area (Å²) in [6, 6.07) is 14.1. The van der Waals surface area contributed by atoms with Gasteiger partial charge in [-0.05, 0) is 19.1 Å². The van der Waals surface area contributed by atoms with Gasteiger partial charge in [-0.25, -0.2) is 4.98 Å². The molecule has 0 spiro atoms. The molecule has 0 radical (unpaired) electrons. The average molecular weight is 229 g/mol. The summed E-state index contributed by atoms with van der Waals surface area (Å²) < 4.78 is 5.31. The standard InChI is InChI=1S/C14H16N2O/c1-11-6-5-9-14(16-11)15-10-12-7-3-4-8-13(12)17-2/h3-9H,10H2,1-2H3,(H,15,16)/p+1. The molecule has 0 amide bonds. The van der Waals surface area contributed by atoms with E-state index >= 15 is 0 Å². The zero-order valence-electron chi connectivity index (χ0n) is 10.2. The molecule has 2 aromatic rings. The van der Waals surface area contributed by atoms with E-state index in [1.165, 1.54) is 0 Å². The van der Waals surface area contributed by atoms with Crippen molar-refractivity contribution in [2.24, 2.45) is 0 Å². The first-order chi connectivity index (χ1) is 8.29. The van der Waals surface area contributed by atoms with Crippen LogP contribution in [0.3, 0.4) is 0 Å². The first-order valence-corrected chi connectivity index (χ1v) is 5.64. The maximum Gasteiger partial charge on any atom is 0.272 e. The molecule has 1 aromatic carbocycles. The van der Waals surface area contributed by atoms with Crippen molar-refractivity contribution in [2.45, 2.75) is 13.5 Å². The number of aromatic nitrogens is 1. The van der Waals surface area contributed by atoms with Gasteiger partial charge in [0.1, 0.15) is 12.3 Å². The Morgan fingerprint density at radius 3 is 2.71 bits per heavy atom. The number of ether oxygens (including phenoxy) is 1. The number of aryl methyl sites for hydroxylation is 1. The molecule has 3 nitrogen and oxygen atoms in total. The van der Waals surface area contributed by atoms with Crippen LogP contribution in [0.1, 0.15) is 11.3 Å². The van der Waals surface area contributed by atoms with E-state index in [1.807, 2.05) is 43.3 Å². The third kappa shape index (κ3) is 2.97. The highest BCUT2D eigenvalue weighted by Gasteiger charge is 2.05. The van der Waals surface area contributed by atoms with E-state index in [4.69, 9.17) is 4.74 Å². The zero-order valence-corrected chi connectivity index (χ0v) is 10.2. The van der Waals surface area contributed by atoms with Gasteiger partial charge in [-0.2, -0.15) is 0 Å². The number of benzene rings is 1. The Morgan fingerprint density at radius 1 is 1.12 bits per heavy atom. The second-order valence-corrected chi connectivity index (χ2v) is 3.91. The lowest BCUT2D eigenvalue weighted by molar-refractivity contribution is -0.371. The van der Waals surface area contributed by atoms with Crippen molar-refractivity contribution in [3.8, 4) is 5.75 Å². The summed E-state index contributed by atoms with van der Waals surface area (Å²) in [5, 5.41) is 3.34. The van der Waals surface area contributed by atoms with Crippen molar-refractivity contribution in [1.29, 1.82) is 0 Å². The molecule has 88 valence electrons.